The minimum atomic E-state index is -0.795. The molecule has 6 atom stereocenters. The fourth-order valence-corrected chi connectivity index (χ4v) is 8.35. The number of hydrogen-bond donors (Lipinski definition) is 4. The van der Waals surface area contributed by atoms with E-state index in [1.165, 1.54) is 14.2 Å². The van der Waals surface area contributed by atoms with E-state index in [9.17, 15) is 19.2 Å². The van der Waals surface area contributed by atoms with Gasteiger partial charge >= 0.3 is 12.2 Å². The molecule has 1 unspecified atom stereocenters. The number of amides is 4. The number of methoxy groups -OCH3 is 3. The summed E-state index contributed by atoms with van der Waals surface area (Å²) >= 11 is 0. The summed E-state index contributed by atoms with van der Waals surface area (Å²) in [5.74, 6) is 1.40. The molecule has 5 aromatic rings. The van der Waals surface area contributed by atoms with Gasteiger partial charge in [0.1, 0.15) is 36.1 Å². The summed E-state index contributed by atoms with van der Waals surface area (Å²) in [7, 11) is 4.19. The van der Waals surface area contributed by atoms with Gasteiger partial charge in [-0.3, -0.25) is 9.59 Å². The third kappa shape index (κ3) is 9.75. The van der Waals surface area contributed by atoms with Crippen molar-refractivity contribution in [2.45, 2.75) is 105 Å². The normalized spacial score (nSPS) is 15.0. The van der Waals surface area contributed by atoms with Crippen LogP contribution < -0.4 is 15.4 Å². The molecule has 1 aliphatic heterocycles. The Morgan fingerprint density at radius 3 is 2.22 bits per heavy atom. The van der Waals surface area contributed by atoms with E-state index in [0.29, 0.717) is 37.8 Å². The molecule has 1 aliphatic rings. The number of aromatic amines is 2. The molecule has 0 saturated heterocycles. The molecule has 4 N–H and O–H groups in total. The standard InChI is InChI=1S/C47H62N8O8/c1-12-27(6)55(44(56)36(13-2)51-46(58)61-10)29(8)43-49-37-17-15-30-19-35-33-16-14-31(18-32(33)24-63-39(35)20-34(30)41(37)52-43)38-21-48-42(50-38)28(7)54(22-26(5)23-60-9)45(57)40(25(3)4)53-47(59)62-11/h14-21,25-29,36,40H,12-13,22-24H2,1-11H3,(H,48,50)(H,49,52)(H,51,58)(H,53,59)/t26-,27?,28-,29-,36-,40-/m0/s1. The predicted molar refractivity (Wildman–Crippen MR) is 241 cm³/mol. The number of aromatic nitrogens is 4. The van der Waals surface area contributed by atoms with Crippen LogP contribution in [0.3, 0.4) is 0 Å². The van der Waals surface area contributed by atoms with Gasteiger partial charge in [-0.25, -0.2) is 19.6 Å². The van der Waals surface area contributed by atoms with Crippen LogP contribution in [-0.4, -0.2) is 106 Å². The molecule has 0 aliphatic carbocycles. The molecule has 16 nitrogen and oxygen atoms in total. The van der Waals surface area contributed by atoms with Crippen LogP contribution in [-0.2, 0) is 30.4 Å². The zero-order valence-electron chi connectivity index (χ0n) is 38.3. The minimum absolute atomic E-state index is 0.0227. The molecule has 3 aromatic carbocycles. The number of carbonyl (C=O) groups excluding carboxylic acids is 4. The summed E-state index contributed by atoms with van der Waals surface area (Å²) in [4.78, 5) is 72.5. The van der Waals surface area contributed by atoms with Gasteiger partial charge in [-0.2, -0.15) is 0 Å². The van der Waals surface area contributed by atoms with E-state index in [4.69, 9.17) is 28.9 Å². The first kappa shape index (κ1) is 46.3. The second kappa shape index (κ2) is 19.9. The average Bonchev–Trinajstić information content (AvgIpc) is 3.96. The van der Waals surface area contributed by atoms with Crippen LogP contribution in [0.5, 0.6) is 5.75 Å². The van der Waals surface area contributed by atoms with Crippen molar-refractivity contribution in [1.82, 2.24) is 40.4 Å². The Hall–Kier alpha value is -6.16. The lowest BCUT2D eigenvalue weighted by Crippen LogP contribution is -2.53. The van der Waals surface area contributed by atoms with Crippen molar-refractivity contribution >= 4 is 45.8 Å². The van der Waals surface area contributed by atoms with Gasteiger partial charge in [0.2, 0.25) is 11.8 Å². The lowest BCUT2D eigenvalue weighted by Gasteiger charge is -2.36. The molecule has 338 valence electrons. The molecule has 3 heterocycles. The van der Waals surface area contributed by atoms with E-state index < -0.39 is 36.4 Å². The number of imidazole rings is 2. The maximum atomic E-state index is 14.1. The smallest absolute Gasteiger partial charge is 0.407 e. The van der Waals surface area contributed by atoms with Crippen LogP contribution >= 0.6 is 0 Å². The van der Waals surface area contributed by atoms with Gasteiger partial charge in [0, 0.05) is 30.6 Å². The first-order valence-corrected chi connectivity index (χ1v) is 21.7. The average molecular weight is 867 g/mol. The number of benzene rings is 3. The first-order chi connectivity index (χ1) is 30.1. The van der Waals surface area contributed by atoms with Crippen LogP contribution in [0.15, 0.2) is 48.7 Å². The Morgan fingerprint density at radius 1 is 0.825 bits per heavy atom. The van der Waals surface area contributed by atoms with Crippen molar-refractivity contribution in [2.24, 2.45) is 11.8 Å². The molecule has 4 amide bonds. The van der Waals surface area contributed by atoms with Crippen LogP contribution in [0.1, 0.15) is 97.5 Å². The van der Waals surface area contributed by atoms with Gasteiger partial charge in [-0.1, -0.05) is 52.8 Å². The molecule has 16 heteroatoms. The number of ether oxygens (including phenoxy) is 4. The van der Waals surface area contributed by atoms with Gasteiger partial charge in [0.15, 0.2) is 0 Å². The molecule has 0 saturated carbocycles. The van der Waals surface area contributed by atoms with E-state index in [2.05, 4.69) is 50.9 Å². The molecule has 2 aromatic heterocycles. The molecular weight excluding hydrogens is 805 g/mol. The van der Waals surface area contributed by atoms with Crippen molar-refractivity contribution in [3.05, 3.63) is 65.9 Å². The molecule has 63 heavy (non-hydrogen) atoms. The summed E-state index contributed by atoms with van der Waals surface area (Å²) in [6.45, 7) is 16.7. The SMILES string of the molecule is CCC(C)N(C(=O)[C@H](CC)NC(=O)OC)[C@@H](C)c1nc2ccc3cc4c(cc3c2[nH]1)OCc1cc(-c2cnc([C@H](C)N(C[C@H](C)COC)C(=O)[C@@H](NC(=O)OC)C(C)C)[nH]2)ccc1-4. The highest BCUT2D eigenvalue weighted by Gasteiger charge is 2.35. The number of nitrogens with one attached hydrogen (secondary N) is 4. The Morgan fingerprint density at radius 2 is 1.56 bits per heavy atom. The quantitative estimate of drug-likeness (QED) is 0.0711. The van der Waals surface area contributed by atoms with E-state index in [1.807, 2.05) is 67.5 Å². The number of carbonyl (C=O) groups is 4. The van der Waals surface area contributed by atoms with Gasteiger partial charge in [-0.15, -0.1) is 0 Å². The van der Waals surface area contributed by atoms with E-state index in [0.717, 1.165) is 61.9 Å². The highest BCUT2D eigenvalue weighted by Crippen LogP contribution is 2.43. The summed E-state index contributed by atoms with van der Waals surface area (Å²) in [6, 6.07) is 12.0. The van der Waals surface area contributed by atoms with Crippen molar-refractivity contribution < 1.29 is 38.1 Å². The Kier molecular flexibility index (Phi) is 14.6. The van der Waals surface area contributed by atoms with Crippen molar-refractivity contribution in [3.8, 4) is 28.1 Å². The molecule has 6 rings (SSSR count). The minimum Gasteiger partial charge on any atom is -0.488 e. The molecule has 0 fully saturated rings. The number of fused-ring (bicyclic) bond motifs is 6. The number of rotatable bonds is 17. The molecule has 0 bridgehead atoms. The first-order valence-electron chi connectivity index (χ1n) is 21.7. The second-order valence-electron chi connectivity index (χ2n) is 16.9. The number of hydrogen-bond acceptors (Lipinski definition) is 10. The largest absolute Gasteiger partial charge is 0.488 e. The Balaban J connectivity index is 1.27. The van der Waals surface area contributed by atoms with E-state index >= 15 is 0 Å². The maximum absolute atomic E-state index is 14.1. The highest BCUT2D eigenvalue weighted by molar-refractivity contribution is 6.07. The molecular formula is C47H62N8O8. The second-order valence-corrected chi connectivity index (χ2v) is 16.9. The summed E-state index contributed by atoms with van der Waals surface area (Å²) in [5.41, 5.74) is 6.37. The number of alkyl carbamates (subject to hydrolysis) is 2. The highest BCUT2D eigenvalue weighted by atomic mass is 16.5. The Labute approximate surface area is 368 Å². The van der Waals surface area contributed by atoms with Gasteiger partial charge in [-0.05, 0) is 91.8 Å². The molecule has 0 spiro atoms. The van der Waals surface area contributed by atoms with Gasteiger partial charge in [0.25, 0.3) is 0 Å². The number of nitrogens with zero attached hydrogens (tertiary/aromatic N) is 4. The monoisotopic (exact) mass is 866 g/mol. The summed E-state index contributed by atoms with van der Waals surface area (Å²) < 4.78 is 21.4. The zero-order chi connectivity index (χ0) is 45.7. The predicted octanol–water partition coefficient (Wildman–Crippen LogP) is 8.04. The lowest BCUT2D eigenvalue weighted by atomic mass is 9.92. The van der Waals surface area contributed by atoms with Gasteiger partial charge < -0.3 is 49.3 Å². The fraction of sp³-hybridized carbons (Fsp3) is 0.489. The van der Waals surface area contributed by atoms with Gasteiger partial charge in [0.05, 0.1) is 55.8 Å². The Bertz CT molecular complexity index is 2440. The maximum Gasteiger partial charge on any atom is 0.407 e. The summed E-state index contributed by atoms with van der Waals surface area (Å²) in [6.07, 6.45) is 1.59. The van der Waals surface area contributed by atoms with Crippen LogP contribution in [0.25, 0.3) is 44.2 Å². The van der Waals surface area contributed by atoms with Crippen molar-refractivity contribution in [3.63, 3.8) is 0 Å². The lowest BCUT2D eigenvalue weighted by molar-refractivity contribution is -0.138. The van der Waals surface area contributed by atoms with E-state index in [-0.39, 0.29) is 29.7 Å². The van der Waals surface area contributed by atoms with Crippen LogP contribution in [0, 0.1) is 11.8 Å². The summed E-state index contributed by atoms with van der Waals surface area (Å²) in [5, 5.41) is 7.34. The topological polar surface area (TPSA) is 193 Å². The van der Waals surface area contributed by atoms with Crippen LogP contribution in [0.4, 0.5) is 9.59 Å². The third-order valence-corrected chi connectivity index (χ3v) is 12.1. The fourth-order valence-electron chi connectivity index (χ4n) is 8.35. The number of H-pyrrole nitrogens is 2. The van der Waals surface area contributed by atoms with E-state index in [1.54, 1.807) is 23.1 Å². The van der Waals surface area contributed by atoms with Crippen molar-refractivity contribution in [2.75, 3.05) is 34.5 Å². The van der Waals surface area contributed by atoms with Crippen LogP contribution in [0.2, 0.25) is 0 Å². The third-order valence-electron chi connectivity index (χ3n) is 12.1. The zero-order valence-corrected chi connectivity index (χ0v) is 38.3. The molecule has 0 radical (unpaired) electrons. The van der Waals surface area contributed by atoms with Crippen molar-refractivity contribution in [1.29, 1.82) is 0 Å².